The number of carbonyl (C=O) groups is 2. The second-order valence-electron chi connectivity index (χ2n) is 7.59. The molecule has 0 spiro atoms. The average molecular weight is 431 g/mol. The summed E-state index contributed by atoms with van der Waals surface area (Å²) >= 11 is 0. The van der Waals surface area contributed by atoms with Crippen LogP contribution in [0.1, 0.15) is 74.1 Å². The van der Waals surface area contributed by atoms with Gasteiger partial charge in [-0.15, -0.1) is 0 Å². The van der Waals surface area contributed by atoms with Crippen LogP contribution in [-0.4, -0.2) is 37.9 Å². The van der Waals surface area contributed by atoms with Gasteiger partial charge in [-0.2, -0.15) is 0 Å². The van der Waals surface area contributed by atoms with Gasteiger partial charge in [-0.25, -0.2) is 9.59 Å². The molecule has 0 fully saturated rings. The Kier molecular flexibility index (Phi) is 11.2. The van der Waals surface area contributed by atoms with E-state index in [-0.39, 0.29) is 23.5 Å². The summed E-state index contributed by atoms with van der Waals surface area (Å²) in [4.78, 5) is 23.9. The van der Waals surface area contributed by atoms with Crippen molar-refractivity contribution in [2.45, 2.75) is 53.4 Å². The number of rotatable bonds is 11. The van der Waals surface area contributed by atoms with Crippen molar-refractivity contribution < 1.29 is 28.9 Å². The SMILES string of the molecule is COC(=O)c1ccc(OCC=C(C)CCC=C(C)CCC=C(C)C)c(O)c1C(=O)OC. The number of ether oxygens (including phenoxy) is 3. The van der Waals surface area contributed by atoms with Crippen molar-refractivity contribution in [1.82, 2.24) is 0 Å². The summed E-state index contributed by atoms with van der Waals surface area (Å²) in [5.74, 6) is -1.95. The lowest BCUT2D eigenvalue weighted by molar-refractivity contribution is 0.0551. The van der Waals surface area contributed by atoms with Crippen LogP contribution < -0.4 is 4.74 Å². The van der Waals surface area contributed by atoms with E-state index in [0.717, 1.165) is 31.3 Å². The lowest BCUT2D eigenvalue weighted by atomic mass is 10.1. The summed E-state index contributed by atoms with van der Waals surface area (Å²) in [5.41, 5.74) is 3.52. The van der Waals surface area contributed by atoms with E-state index in [9.17, 15) is 14.7 Å². The van der Waals surface area contributed by atoms with Crippen LogP contribution in [0.4, 0.5) is 0 Å². The first-order valence-corrected chi connectivity index (χ1v) is 10.3. The van der Waals surface area contributed by atoms with Crippen LogP contribution >= 0.6 is 0 Å². The summed E-state index contributed by atoms with van der Waals surface area (Å²) in [5, 5.41) is 10.4. The van der Waals surface area contributed by atoms with Gasteiger partial charge in [-0.3, -0.25) is 0 Å². The quantitative estimate of drug-likeness (QED) is 0.355. The molecule has 0 heterocycles. The first kappa shape index (κ1) is 26.0. The second-order valence-corrected chi connectivity index (χ2v) is 7.59. The maximum Gasteiger partial charge on any atom is 0.342 e. The largest absolute Gasteiger partial charge is 0.504 e. The maximum atomic E-state index is 12.0. The van der Waals surface area contributed by atoms with Gasteiger partial charge in [0.25, 0.3) is 0 Å². The Morgan fingerprint density at radius 1 is 0.871 bits per heavy atom. The summed E-state index contributed by atoms with van der Waals surface area (Å²) in [7, 11) is 2.36. The first-order valence-electron chi connectivity index (χ1n) is 10.3. The Bertz CT molecular complexity index is 857. The van der Waals surface area contributed by atoms with Crippen LogP contribution in [0.15, 0.2) is 47.1 Å². The zero-order valence-corrected chi connectivity index (χ0v) is 19.4. The monoisotopic (exact) mass is 430 g/mol. The predicted octanol–water partition coefficient (Wildman–Crippen LogP) is 5.76. The highest BCUT2D eigenvalue weighted by Crippen LogP contribution is 2.33. The minimum Gasteiger partial charge on any atom is -0.504 e. The smallest absolute Gasteiger partial charge is 0.342 e. The number of carbonyl (C=O) groups excluding carboxylic acids is 2. The van der Waals surface area contributed by atoms with E-state index in [4.69, 9.17) is 4.74 Å². The molecule has 0 aliphatic rings. The summed E-state index contributed by atoms with van der Waals surface area (Å²) in [6, 6.07) is 2.79. The number of aromatic hydroxyl groups is 1. The Hall–Kier alpha value is -3.02. The van der Waals surface area contributed by atoms with E-state index >= 15 is 0 Å². The van der Waals surface area contributed by atoms with E-state index in [1.54, 1.807) is 0 Å². The van der Waals surface area contributed by atoms with Gasteiger partial charge in [0, 0.05) is 0 Å². The van der Waals surface area contributed by atoms with Crippen LogP contribution in [0, 0.1) is 0 Å². The van der Waals surface area contributed by atoms with Gasteiger partial charge in [0.15, 0.2) is 11.5 Å². The highest BCUT2D eigenvalue weighted by molar-refractivity contribution is 6.05. The number of esters is 2. The van der Waals surface area contributed by atoms with Crippen molar-refractivity contribution in [2.75, 3.05) is 20.8 Å². The van der Waals surface area contributed by atoms with Crippen molar-refractivity contribution in [1.29, 1.82) is 0 Å². The molecule has 0 aromatic heterocycles. The standard InChI is InChI=1S/C25H34O6/c1-17(2)9-7-10-18(3)11-8-12-19(4)15-16-31-21-14-13-20(24(27)29-5)22(23(21)26)25(28)30-6/h9,11,13-15,26H,7-8,10,12,16H2,1-6H3. The molecule has 0 atom stereocenters. The van der Waals surface area contributed by atoms with Crippen molar-refractivity contribution in [3.05, 3.63) is 58.2 Å². The molecule has 1 aromatic carbocycles. The molecular formula is C25H34O6. The molecule has 1 N–H and O–H groups in total. The van der Waals surface area contributed by atoms with E-state index in [1.807, 2.05) is 13.0 Å². The zero-order valence-electron chi connectivity index (χ0n) is 19.4. The molecular weight excluding hydrogens is 396 g/mol. The highest BCUT2D eigenvalue weighted by Gasteiger charge is 2.25. The minimum absolute atomic E-state index is 0.0855. The molecule has 31 heavy (non-hydrogen) atoms. The summed E-state index contributed by atoms with van der Waals surface area (Å²) < 4.78 is 14.9. The van der Waals surface area contributed by atoms with Crippen molar-refractivity contribution in [3.63, 3.8) is 0 Å². The number of allylic oxidation sites excluding steroid dienone is 5. The van der Waals surface area contributed by atoms with Gasteiger partial charge in [0.2, 0.25) is 0 Å². The second kappa shape index (κ2) is 13.3. The van der Waals surface area contributed by atoms with Crippen LogP contribution in [0.25, 0.3) is 0 Å². The molecule has 1 rings (SSSR count). The molecule has 0 radical (unpaired) electrons. The normalized spacial score (nSPS) is 11.7. The summed E-state index contributed by atoms with van der Waals surface area (Å²) in [6.07, 6.45) is 10.4. The third-order valence-corrected chi connectivity index (χ3v) is 4.73. The number of methoxy groups -OCH3 is 2. The van der Waals surface area contributed by atoms with Gasteiger partial charge >= 0.3 is 11.9 Å². The van der Waals surface area contributed by atoms with E-state index < -0.39 is 17.7 Å². The number of phenolic OH excluding ortho intramolecular Hbond substituents is 1. The maximum absolute atomic E-state index is 12.0. The molecule has 1 aromatic rings. The van der Waals surface area contributed by atoms with Crippen LogP contribution in [0.2, 0.25) is 0 Å². The fraction of sp³-hybridized carbons (Fsp3) is 0.440. The van der Waals surface area contributed by atoms with Gasteiger partial charge in [-0.05, 0) is 71.6 Å². The number of hydrogen-bond donors (Lipinski definition) is 1. The first-order chi connectivity index (χ1) is 14.7. The molecule has 6 nitrogen and oxygen atoms in total. The third-order valence-electron chi connectivity index (χ3n) is 4.73. The Morgan fingerprint density at radius 2 is 1.45 bits per heavy atom. The molecule has 0 saturated heterocycles. The lowest BCUT2D eigenvalue weighted by Crippen LogP contribution is -2.12. The van der Waals surface area contributed by atoms with Gasteiger partial charge in [0.05, 0.1) is 19.8 Å². The lowest BCUT2D eigenvalue weighted by Gasteiger charge is -2.12. The molecule has 0 aliphatic carbocycles. The molecule has 0 bridgehead atoms. The van der Waals surface area contributed by atoms with E-state index in [2.05, 4.69) is 42.4 Å². The zero-order chi connectivity index (χ0) is 23.4. The van der Waals surface area contributed by atoms with Gasteiger partial charge in [0.1, 0.15) is 12.2 Å². The topological polar surface area (TPSA) is 82.1 Å². The average Bonchev–Trinajstić information content (AvgIpc) is 2.73. The fourth-order valence-corrected chi connectivity index (χ4v) is 2.89. The molecule has 0 amide bonds. The number of hydrogen-bond acceptors (Lipinski definition) is 6. The predicted molar refractivity (Wildman–Crippen MR) is 122 cm³/mol. The summed E-state index contributed by atoms with van der Waals surface area (Å²) in [6.45, 7) is 8.62. The molecule has 0 saturated carbocycles. The van der Waals surface area contributed by atoms with E-state index in [1.165, 1.54) is 37.5 Å². The molecule has 0 unspecified atom stereocenters. The minimum atomic E-state index is -0.846. The Morgan fingerprint density at radius 3 is 2.03 bits per heavy atom. The fourth-order valence-electron chi connectivity index (χ4n) is 2.89. The Balaban J connectivity index is 2.72. The van der Waals surface area contributed by atoms with Crippen LogP contribution in [0.5, 0.6) is 11.5 Å². The van der Waals surface area contributed by atoms with Crippen LogP contribution in [0.3, 0.4) is 0 Å². The molecule has 6 heteroatoms. The van der Waals surface area contributed by atoms with Gasteiger partial charge in [-0.1, -0.05) is 28.9 Å². The third kappa shape index (κ3) is 8.70. The number of benzene rings is 1. The van der Waals surface area contributed by atoms with Crippen molar-refractivity contribution >= 4 is 11.9 Å². The number of phenols is 1. The van der Waals surface area contributed by atoms with E-state index in [0.29, 0.717) is 0 Å². The van der Waals surface area contributed by atoms with Crippen molar-refractivity contribution in [2.24, 2.45) is 0 Å². The molecule has 0 aliphatic heterocycles. The highest BCUT2D eigenvalue weighted by atomic mass is 16.5. The Labute approximate surface area is 185 Å². The van der Waals surface area contributed by atoms with Gasteiger partial charge < -0.3 is 19.3 Å². The molecule has 170 valence electrons. The van der Waals surface area contributed by atoms with Crippen LogP contribution in [-0.2, 0) is 9.47 Å². The van der Waals surface area contributed by atoms with Crippen molar-refractivity contribution in [3.8, 4) is 11.5 Å².